The molecule has 1 atom stereocenters. The Morgan fingerprint density at radius 1 is 1.36 bits per heavy atom. The summed E-state index contributed by atoms with van der Waals surface area (Å²) in [6, 6.07) is 8.26. The van der Waals surface area contributed by atoms with E-state index in [-0.39, 0.29) is 0 Å². The summed E-state index contributed by atoms with van der Waals surface area (Å²) in [5, 5.41) is 10.2. The van der Waals surface area contributed by atoms with Crippen LogP contribution in [0.5, 0.6) is 0 Å². The van der Waals surface area contributed by atoms with Gasteiger partial charge in [0.25, 0.3) is 0 Å². The van der Waals surface area contributed by atoms with Crippen LogP contribution in [0.1, 0.15) is 30.9 Å². The van der Waals surface area contributed by atoms with Gasteiger partial charge in [-0.15, -0.1) is 0 Å². The third kappa shape index (κ3) is 1.73. The van der Waals surface area contributed by atoms with Crippen LogP contribution in [-0.4, -0.2) is 10.7 Å². The lowest BCUT2D eigenvalue weighted by Crippen LogP contribution is -2.30. The van der Waals surface area contributed by atoms with Gasteiger partial charge >= 0.3 is 0 Å². The number of hydrogen-bond donors (Lipinski definition) is 1. The molecule has 0 aromatic heterocycles. The maximum Gasteiger partial charge on any atom is 0.0871 e. The van der Waals surface area contributed by atoms with Crippen LogP contribution in [0, 0.1) is 0 Å². The first-order chi connectivity index (χ1) is 6.73. The molecule has 0 saturated carbocycles. The molecule has 1 unspecified atom stereocenters. The highest BCUT2D eigenvalue weighted by atomic mass is 16.3. The summed E-state index contributed by atoms with van der Waals surface area (Å²) in [4.78, 5) is 0. The summed E-state index contributed by atoms with van der Waals surface area (Å²) >= 11 is 0. The average molecular weight is 188 g/mol. The van der Waals surface area contributed by atoms with Gasteiger partial charge in [0.2, 0.25) is 0 Å². The smallest absolute Gasteiger partial charge is 0.0871 e. The first-order valence-electron chi connectivity index (χ1n) is 5.23. The number of fused-ring (bicyclic) bond motifs is 1. The summed E-state index contributed by atoms with van der Waals surface area (Å²) in [5.41, 5.74) is 1.89. The second-order valence-electron chi connectivity index (χ2n) is 4.06. The Hall–Kier alpha value is -1.08. The monoisotopic (exact) mass is 188 g/mol. The van der Waals surface area contributed by atoms with Crippen molar-refractivity contribution in [2.75, 3.05) is 0 Å². The van der Waals surface area contributed by atoms with Gasteiger partial charge in [-0.3, -0.25) is 0 Å². The minimum Gasteiger partial charge on any atom is -0.385 e. The van der Waals surface area contributed by atoms with Crippen molar-refractivity contribution in [1.29, 1.82) is 0 Å². The van der Waals surface area contributed by atoms with Crippen molar-refractivity contribution in [3.8, 4) is 0 Å². The molecule has 74 valence electrons. The summed E-state index contributed by atoms with van der Waals surface area (Å²) in [6.45, 7) is 2.10. The van der Waals surface area contributed by atoms with Crippen molar-refractivity contribution in [3.63, 3.8) is 0 Å². The SMILES string of the molecule is CCCC1(O)C=Cc2ccccc2C1. The maximum absolute atomic E-state index is 10.2. The van der Waals surface area contributed by atoms with E-state index in [1.807, 2.05) is 24.3 Å². The van der Waals surface area contributed by atoms with Crippen LogP contribution in [0.3, 0.4) is 0 Å². The Balaban J connectivity index is 2.29. The van der Waals surface area contributed by atoms with E-state index in [1.165, 1.54) is 11.1 Å². The molecule has 1 aromatic carbocycles. The fraction of sp³-hybridized carbons (Fsp3) is 0.385. The zero-order valence-corrected chi connectivity index (χ0v) is 8.53. The van der Waals surface area contributed by atoms with E-state index in [1.54, 1.807) is 0 Å². The Morgan fingerprint density at radius 2 is 2.14 bits per heavy atom. The molecule has 0 fully saturated rings. The van der Waals surface area contributed by atoms with Gasteiger partial charge in [-0.25, -0.2) is 0 Å². The molecule has 1 aromatic rings. The number of benzene rings is 1. The van der Waals surface area contributed by atoms with E-state index in [4.69, 9.17) is 0 Å². The molecule has 0 radical (unpaired) electrons. The average Bonchev–Trinajstić information content (AvgIpc) is 2.17. The zero-order chi connectivity index (χ0) is 10.0. The van der Waals surface area contributed by atoms with Gasteiger partial charge in [-0.1, -0.05) is 49.8 Å². The van der Waals surface area contributed by atoms with Crippen molar-refractivity contribution < 1.29 is 5.11 Å². The minimum absolute atomic E-state index is 0.608. The normalized spacial score (nSPS) is 24.7. The van der Waals surface area contributed by atoms with Crippen LogP contribution in [0.2, 0.25) is 0 Å². The number of aliphatic hydroxyl groups is 1. The second-order valence-corrected chi connectivity index (χ2v) is 4.06. The second kappa shape index (κ2) is 3.58. The van der Waals surface area contributed by atoms with Gasteiger partial charge in [0.1, 0.15) is 0 Å². The van der Waals surface area contributed by atoms with Gasteiger partial charge in [0.05, 0.1) is 5.60 Å². The predicted octanol–water partition coefficient (Wildman–Crippen LogP) is 2.79. The van der Waals surface area contributed by atoms with Crippen LogP contribution >= 0.6 is 0 Å². The molecule has 1 heteroatoms. The van der Waals surface area contributed by atoms with E-state index in [0.29, 0.717) is 0 Å². The Bertz CT molecular complexity index is 354. The number of rotatable bonds is 2. The highest BCUT2D eigenvalue weighted by molar-refractivity contribution is 5.58. The van der Waals surface area contributed by atoms with E-state index in [0.717, 1.165) is 19.3 Å². The molecule has 0 heterocycles. The standard InChI is InChI=1S/C13H16O/c1-2-8-13(14)9-7-11-5-3-4-6-12(11)10-13/h3-7,9,14H,2,8,10H2,1H3. The molecule has 0 aliphatic heterocycles. The molecular formula is C13H16O. The fourth-order valence-electron chi connectivity index (χ4n) is 2.10. The van der Waals surface area contributed by atoms with Crippen molar-refractivity contribution in [2.24, 2.45) is 0 Å². The van der Waals surface area contributed by atoms with E-state index in [9.17, 15) is 5.11 Å². The van der Waals surface area contributed by atoms with Gasteiger partial charge in [-0.05, 0) is 17.5 Å². The fourth-order valence-corrected chi connectivity index (χ4v) is 2.10. The summed E-state index contributed by atoms with van der Waals surface area (Å²) in [7, 11) is 0. The summed E-state index contributed by atoms with van der Waals surface area (Å²) in [6.07, 6.45) is 6.60. The molecule has 0 bridgehead atoms. The third-order valence-electron chi connectivity index (χ3n) is 2.81. The highest BCUT2D eigenvalue weighted by Gasteiger charge is 2.26. The Morgan fingerprint density at radius 3 is 2.93 bits per heavy atom. The predicted molar refractivity (Wildman–Crippen MR) is 59.0 cm³/mol. The van der Waals surface area contributed by atoms with Crippen LogP contribution in [0.4, 0.5) is 0 Å². The zero-order valence-electron chi connectivity index (χ0n) is 8.53. The molecule has 2 rings (SSSR count). The minimum atomic E-state index is -0.608. The third-order valence-corrected chi connectivity index (χ3v) is 2.81. The molecule has 14 heavy (non-hydrogen) atoms. The summed E-state index contributed by atoms with van der Waals surface area (Å²) < 4.78 is 0. The molecule has 0 amide bonds. The van der Waals surface area contributed by atoms with Crippen molar-refractivity contribution in [2.45, 2.75) is 31.8 Å². The first-order valence-corrected chi connectivity index (χ1v) is 5.23. The molecule has 0 spiro atoms. The van der Waals surface area contributed by atoms with Crippen molar-refractivity contribution >= 4 is 6.08 Å². The van der Waals surface area contributed by atoms with Gasteiger partial charge in [0, 0.05) is 6.42 Å². The van der Waals surface area contributed by atoms with Crippen LogP contribution < -0.4 is 0 Å². The van der Waals surface area contributed by atoms with Crippen LogP contribution in [-0.2, 0) is 6.42 Å². The summed E-state index contributed by atoms with van der Waals surface area (Å²) in [5.74, 6) is 0. The Labute approximate surface area is 85.1 Å². The van der Waals surface area contributed by atoms with E-state index < -0.39 is 5.60 Å². The van der Waals surface area contributed by atoms with E-state index >= 15 is 0 Å². The van der Waals surface area contributed by atoms with E-state index in [2.05, 4.69) is 19.1 Å². The lowest BCUT2D eigenvalue weighted by Gasteiger charge is -2.28. The topological polar surface area (TPSA) is 20.2 Å². The van der Waals surface area contributed by atoms with Crippen molar-refractivity contribution in [3.05, 3.63) is 41.5 Å². The molecule has 1 aliphatic carbocycles. The largest absolute Gasteiger partial charge is 0.385 e. The number of hydrogen-bond acceptors (Lipinski definition) is 1. The van der Waals surface area contributed by atoms with Gasteiger partial charge in [-0.2, -0.15) is 0 Å². The lowest BCUT2D eigenvalue weighted by molar-refractivity contribution is 0.0805. The molecular weight excluding hydrogens is 172 g/mol. The maximum atomic E-state index is 10.2. The lowest BCUT2D eigenvalue weighted by atomic mass is 9.83. The molecule has 1 nitrogen and oxygen atoms in total. The van der Waals surface area contributed by atoms with Crippen LogP contribution in [0.15, 0.2) is 30.3 Å². The molecule has 1 N–H and O–H groups in total. The van der Waals surface area contributed by atoms with Crippen molar-refractivity contribution in [1.82, 2.24) is 0 Å². The van der Waals surface area contributed by atoms with Gasteiger partial charge in [0.15, 0.2) is 0 Å². The van der Waals surface area contributed by atoms with Gasteiger partial charge < -0.3 is 5.11 Å². The highest BCUT2D eigenvalue weighted by Crippen LogP contribution is 2.28. The van der Waals surface area contributed by atoms with Crippen LogP contribution in [0.25, 0.3) is 6.08 Å². The molecule has 1 aliphatic rings. The Kier molecular flexibility index (Phi) is 2.42. The quantitative estimate of drug-likeness (QED) is 0.756. The molecule has 0 saturated heterocycles. The first kappa shape index (κ1) is 9.47.